The summed E-state index contributed by atoms with van der Waals surface area (Å²) in [5, 5.41) is 0.606. The molecule has 6 rings (SSSR count). The fraction of sp³-hybridized carbons (Fsp3) is 0.306. The molecule has 0 spiro atoms. The molecule has 2 fully saturated rings. The maximum atomic E-state index is 13.7. The number of Topliss-reactive ketones (excluding diaryl/α,β-unsaturated/α-hetero) is 1. The van der Waals surface area contributed by atoms with E-state index in [1.807, 2.05) is 44.2 Å². The molecule has 2 aliphatic rings. The van der Waals surface area contributed by atoms with Gasteiger partial charge in [0.1, 0.15) is 0 Å². The zero-order valence-corrected chi connectivity index (χ0v) is 26.5. The highest BCUT2D eigenvalue weighted by molar-refractivity contribution is 9.10. The van der Waals surface area contributed by atoms with Gasteiger partial charge in [-0.2, -0.15) is 0 Å². The molecular weight excluding hydrogens is 620 g/mol. The van der Waals surface area contributed by atoms with Crippen molar-refractivity contribution < 1.29 is 23.9 Å². The Bertz CT molecular complexity index is 1790. The summed E-state index contributed by atoms with van der Waals surface area (Å²) >= 11 is 3.53. The van der Waals surface area contributed by atoms with Gasteiger partial charge in [0.05, 0.1) is 34.3 Å². The molecule has 4 atom stereocenters. The first kappa shape index (κ1) is 29.9. The standard InChI is InChI=1S/C36H33BrN2O5/c1-4-31(33(40)23-8-6-5-7-9-23)44-36(43)29-19-30(38-32-21(3)17-24(37)18-27(29)32)22-11-13-25(14-12-22)39-34(41)26-15-10-20(2)16-28(26)35(39)42/h5-9,11-14,17-20,26,28,31H,4,10,15-16H2,1-3H3. The van der Waals surface area contributed by atoms with Gasteiger partial charge in [0.2, 0.25) is 17.6 Å². The van der Waals surface area contributed by atoms with Crippen LogP contribution in [0.15, 0.2) is 77.3 Å². The number of hydrogen-bond donors (Lipinski definition) is 0. The molecule has 2 heterocycles. The third kappa shape index (κ3) is 5.47. The lowest BCUT2D eigenvalue weighted by Gasteiger charge is -2.25. The van der Waals surface area contributed by atoms with Crippen molar-refractivity contribution in [1.29, 1.82) is 0 Å². The minimum absolute atomic E-state index is 0.120. The normalized spacial score (nSPS) is 20.5. The SMILES string of the molecule is CCC(OC(=O)c1cc(-c2ccc(N3C(=O)C4CCC(C)CC4C3=O)cc2)nc2c(C)cc(Br)cc12)C(=O)c1ccccc1. The van der Waals surface area contributed by atoms with E-state index in [9.17, 15) is 19.2 Å². The Morgan fingerprint density at radius 3 is 2.39 bits per heavy atom. The summed E-state index contributed by atoms with van der Waals surface area (Å²) in [4.78, 5) is 59.5. The molecule has 3 aromatic carbocycles. The van der Waals surface area contributed by atoms with Gasteiger partial charge < -0.3 is 4.74 Å². The highest BCUT2D eigenvalue weighted by Gasteiger charge is 2.49. The van der Waals surface area contributed by atoms with Gasteiger partial charge in [-0.05, 0) is 74.4 Å². The number of esters is 1. The molecule has 1 saturated heterocycles. The highest BCUT2D eigenvalue weighted by Crippen LogP contribution is 2.42. The van der Waals surface area contributed by atoms with Crippen LogP contribution in [0.4, 0.5) is 5.69 Å². The van der Waals surface area contributed by atoms with Crippen LogP contribution in [0.3, 0.4) is 0 Å². The van der Waals surface area contributed by atoms with Crippen LogP contribution < -0.4 is 4.90 Å². The number of aryl methyl sites for hydroxylation is 1. The molecule has 4 unspecified atom stereocenters. The maximum Gasteiger partial charge on any atom is 0.339 e. The summed E-state index contributed by atoms with van der Waals surface area (Å²) in [6.45, 7) is 5.86. The Balaban J connectivity index is 1.34. The summed E-state index contributed by atoms with van der Waals surface area (Å²) in [5.74, 6) is -1.16. The van der Waals surface area contributed by atoms with Crippen molar-refractivity contribution in [3.8, 4) is 11.3 Å². The number of ketones is 1. The van der Waals surface area contributed by atoms with E-state index in [2.05, 4.69) is 22.9 Å². The lowest BCUT2D eigenvalue weighted by Crippen LogP contribution is -2.30. The number of carbonyl (C=O) groups is 4. The van der Waals surface area contributed by atoms with Gasteiger partial charge in [-0.1, -0.05) is 72.2 Å². The predicted molar refractivity (Wildman–Crippen MR) is 172 cm³/mol. The Labute approximate surface area is 264 Å². The summed E-state index contributed by atoms with van der Waals surface area (Å²) in [6, 6.07) is 21.4. The number of halogens is 1. The van der Waals surface area contributed by atoms with E-state index >= 15 is 0 Å². The number of fused-ring (bicyclic) bond motifs is 2. The molecule has 0 radical (unpaired) electrons. The van der Waals surface area contributed by atoms with Gasteiger partial charge in [-0.25, -0.2) is 9.78 Å². The largest absolute Gasteiger partial charge is 0.450 e. The fourth-order valence-corrected chi connectivity index (χ4v) is 7.07. The first-order chi connectivity index (χ1) is 21.2. The van der Waals surface area contributed by atoms with Crippen LogP contribution in [-0.4, -0.2) is 34.7 Å². The minimum atomic E-state index is -0.939. The van der Waals surface area contributed by atoms with Gasteiger partial charge in [-0.3, -0.25) is 19.3 Å². The monoisotopic (exact) mass is 652 g/mol. The van der Waals surface area contributed by atoms with Crippen molar-refractivity contribution in [2.75, 3.05) is 4.90 Å². The van der Waals surface area contributed by atoms with Crippen molar-refractivity contribution in [2.24, 2.45) is 17.8 Å². The number of ether oxygens (including phenoxy) is 1. The van der Waals surface area contributed by atoms with E-state index in [0.717, 1.165) is 29.3 Å². The molecule has 1 aliphatic carbocycles. The lowest BCUT2D eigenvalue weighted by atomic mass is 9.76. The molecule has 7 nitrogen and oxygen atoms in total. The van der Waals surface area contributed by atoms with Crippen molar-refractivity contribution >= 4 is 56.1 Å². The quantitative estimate of drug-likeness (QED) is 0.115. The number of pyridine rings is 1. The zero-order chi connectivity index (χ0) is 31.1. The third-order valence-electron chi connectivity index (χ3n) is 8.87. The molecule has 8 heteroatoms. The number of rotatable bonds is 7. The number of anilines is 1. The van der Waals surface area contributed by atoms with E-state index in [1.54, 1.807) is 42.5 Å². The van der Waals surface area contributed by atoms with Crippen molar-refractivity contribution in [3.05, 3.63) is 94.0 Å². The Kier molecular flexibility index (Phi) is 8.20. The van der Waals surface area contributed by atoms with E-state index in [-0.39, 0.29) is 29.4 Å². The molecule has 2 amide bonds. The smallest absolute Gasteiger partial charge is 0.339 e. The van der Waals surface area contributed by atoms with Crippen molar-refractivity contribution in [3.63, 3.8) is 0 Å². The second kappa shape index (κ2) is 12.1. The minimum Gasteiger partial charge on any atom is -0.450 e. The number of amides is 2. The van der Waals surface area contributed by atoms with Crippen LogP contribution in [-0.2, 0) is 14.3 Å². The van der Waals surface area contributed by atoms with Crippen molar-refractivity contribution in [1.82, 2.24) is 4.98 Å². The molecule has 224 valence electrons. The predicted octanol–water partition coefficient (Wildman–Crippen LogP) is 7.72. The Hall–Kier alpha value is -4.17. The molecule has 0 N–H and O–H groups in total. The van der Waals surface area contributed by atoms with Crippen LogP contribution in [0.25, 0.3) is 22.2 Å². The Morgan fingerprint density at radius 2 is 1.68 bits per heavy atom. The van der Waals surface area contributed by atoms with Crippen molar-refractivity contribution in [2.45, 2.75) is 52.6 Å². The van der Waals surface area contributed by atoms with Crippen LogP contribution in [0, 0.1) is 24.7 Å². The number of carbonyl (C=O) groups excluding carboxylic acids is 4. The first-order valence-corrected chi connectivity index (χ1v) is 15.8. The average molecular weight is 654 g/mol. The van der Waals surface area contributed by atoms with Gasteiger partial charge in [-0.15, -0.1) is 0 Å². The van der Waals surface area contributed by atoms with Gasteiger partial charge in [0.15, 0.2) is 6.10 Å². The molecule has 1 saturated carbocycles. The molecule has 0 bridgehead atoms. The summed E-state index contributed by atoms with van der Waals surface area (Å²) in [5.41, 5.74) is 4.05. The van der Waals surface area contributed by atoms with Gasteiger partial charge >= 0.3 is 5.97 Å². The second-order valence-electron chi connectivity index (χ2n) is 11.9. The number of aromatic nitrogens is 1. The van der Waals surface area contributed by atoms with Crippen LogP contribution in [0.1, 0.15) is 65.8 Å². The Morgan fingerprint density at radius 1 is 0.977 bits per heavy atom. The number of hydrogen-bond acceptors (Lipinski definition) is 6. The number of benzene rings is 3. The number of nitrogens with zero attached hydrogens (tertiary/aromatic N) is 2. The molecule has 44 heavy (non-hydrogen) atoms. The summed E-state index contributed by atoms with van der Waals surface area (Å²) in [7, 11) is 0. The lowest BCUT2D eigenvalue weighted by molar-refractivity contribution is -0.122. The average Bonchev–Trinajstić information content (AvgIpc) is 3.27. The van der Waals surface area contributed by atoms with E-state index < -0.39 is 12.1 Å². The fourth-order valence-electron chi connectivity index (χ4n) is 6.50. The topological polar surface area (TPSA) is 93.6 Å². The molecule has 4 aromatic rings. The van der Waals surface area contributed by atoms with Crippen LogP contribution in [0.5, 0.6) is 0 Å². The van der Waals surface area contributed by atoms with E-state index in [4.69, 9.17) is 9.72 Å². The molecular formula is C36H33BrN2O5. The molecule has 1 aromatic heterocycles. The van der Waals surface area contributed by atoms with Gasteiger partial charge in [0.25, 0.3) is 0 Å². The van der Waals surface area contributed by atoms with Crippen LogP contribution in [0.2, 0.25) is 0 Å². The van der Waals surface area contributed by atoms with Gasteiger partial charge in [0, 0.05) is 21.0 Å². The zero-order valence-electron chi connectivity index (χ0n) is 24.9. The summed E-state index contributed by atoms with van der Waals surface area (Å²) < 4.78 is 6.62. The number of imide groups is 1. The van der Waals surface area contributed by atoms with E-state index in [0.29, 0.717) is 51.3 Å². The molecule has 1 aliphatic heterocycles. The second-order valence-corrected chi connectivity index (χ2v) is 12.8. The summed E-state index contributed by atoms with van der Waals surface area (Å²) in [6.07, 6.45) is 1.84. The van der Waals surface area contributed by atoms with E-state index in [1.165, 1.54) is 4.90 Å². The third-order valence-corrected chi connectivity index (χ3v) is 9.33. The maximum absolute atomic E-state index is 13.7. The highest BCUT2D eigenvalue weighted by atomic mass is 79.9. The van der Waals surface area contributed by atoms with Crippen LogP contribution >= 0.6 is 15.9 Å². The first-order valence-electron chi connectivity index (χ1n) is 15.1.